The van der Waals surface area contributed by atoms with E-state index in [0.29, 0.717) is 18.2 Å². The molecule has 1 N–H and O–H groups in total. The first-order chi connectivity index (χ1) is 12.7. The summed E-state index contributed by atoms with van der Waals surface area (Å²) in [6, 6.07) is 5.63. The Morgan fingerprint density at radius 2 is 2.00 bits per heavy atom. The number of ketones is 1. The first kappa shape index (κ1) is 19.2. The zero-order valence-electron chi connectivity index (χ0n) is 14.2. The molecule has 0 aliphatic heterocycles. The molecule has 142 valence electrons. The Labute approximate surface area is 158 Å². The maximum Gasteiger partial charge on any atom is 0.417 e. The number of nitrogens with zero attached hydrogens (tertiary/aromatic N) is 1. The highest BCUT2D eigenvalue weighted by molar-refractivity contribution is 6.31. The molecule has 8 heteroatoms. The molecular weight excluding hydrogens is 383 g/mol. The van der Waals surface area contributed by atoms with Gasteiger partial charge in [0.05, 0.1) is 11.1 Å². The summed E-state index contributed by atoms with van der Waals surface area (Å²) in [7, 11) is 0. The smallest absolute Gasteiger partial charge is 0.417 e. The zero-order chi connectivity index (χ0) is 19.8. The van der Waals surface area contributed by atoms with Crippen molar-refractivity contribution in [1.29, 1.82) is 0 Å². The maximum atomic E-state index is 12.7. The van der Waals surface area contributed by atoms with E-state index in [1.165, 1.54) is 0 Å². The van der Waals surface area contributed by atoms with Gasteiger partial charge in [0, 0.05) is 19.0 Å². The first-order valence-corrected chi connectivity index (χ1v) is 8.57. The van der Waals surface area contributed by atoms with Gasteiger partial charge in [0.2, 0.25) is 5.88 Å². The highest BCUT2D eigenvalue weighted by Crippen LogP contribution is 2.37. The molecule has 1 aromatic carbocycles. The Morgan fingerprint density at radius 1 is 1.26 bits per heavy atom. The van der Waals surface area contributed by atoms with Gasteiger partial charge in [-0.25, -0.2) is 4.98 Å². The van der Waals surface area contributed by atoms with E-state index >= 15 is 0 Å². The number of alkyl halides is 3. The number of rotatable bonds is 4. The van der Waals surface area contributed by atoms with E-state index < -0.39 is 11.7 Å². The number of hydrogen-bond donors (Lipinski definition) is 1. The average Bonchev–Trinajstić information content (AvgIpc) is 2.94. The van der Waals surface area contributed by atoms with Gasteiger partial charge in [0.1, 0.15) is 16.5 Å². The van der Waals surface area contributed by atoms with Crippen LogP contribution in [-0.2, 0) is 17.4 Å². The first-order valence-electron chi connectivity index (χ1n) is 8.20. The Hall–Kier alpha value is -2.54. The SMILES string of the molecule is CCc1ccc(Oc2ncc(C(F)(F)F)cc2Cl)cc1C1=C(O)CCC1=O. The third kappa shape index (κ3) is 3.93. The largest absolute Gasteiger partial charge is 0.512 e. The van der Waals surface area contributed by atoms with Crippen molar-refractivity contribution in [2.75, 3.05) is 0 Å². The number of benzene rings is 1. The van der Waals surface area contributed by atoms with Gasteiger partial charge in [-0.3, -0.25) is 4.79 Å². The molecule has 0 bridgehead atoms. The molecule has 2 aromatic rings. The summed E-state index contributed by atoms with van der Waals surface area (Å²) in [5.74, 6) is -0.0743. The number of halogens is 4. The third-order valence-corrected chi connectivity index (χ3v) is 4.51. The lowest BCUT2D eigenvalue weighted by atomic mass is 9.96. The van der Waals surface area contributed by atoms with Crippen molar-refractivity contribution in [2.24, 2.45) is 0 Å². The topological polar surface area (TPSA) is 59.4 Å². The maximum absolute atomic E-state index is 12.7. The van der Waals surface area contributed by atoms with Crippen LogP contribution in [0.3, 0.4) is 0 Å². The minimum Gasteiger partial charge on any atom is -0.512 e. The highest BCUT2D eigenvalue weighted by Gasteiger charge is 2.32. The van der Waals surface area contributed by atoms with Crippen LogP contribution in [0.25, 0.3) is 5.57 Å². The molecule has 0 unspecified atom stereocenters. The number of carbonyl (C=O) groups excluding carboxylic acids is 1. The molecular formula is C19H15ClF3NO3. The molecule has 1 heterocycles. The summed E-state index contributed by atoms with van der Waals surface area (Å²) in [6.45, 7) is 1.91. The van der Waals surface area contributed by atoms with Gasteiger partial charge < -0.3 is 9.84 Å². The molecule has 1 aromatic heterocycles. The number of aryl methyl sites for hydroxylation is 1. The van der Waals surface area contributed by atoms with Gasteiger partial charge in [0.25, 0.3) is 0 Å². The number of carbonyl (C=O) groups is 1. The number of aliphatic hydroxyl groups is 1. The van der Waals surface area contributed by atoms with Gasteiger partial charge in [-0.15, -0.1) is 0 Å². The fourth-order valence-corrected chi connectivity index (χ4v) is 3.08. The molecule has 0 radical (unpaired) electrons. The molecule has 0 atom stereocenters. The number of Topliss-reactive ketones (excluding diaryl/α,β-unsaturated/α-hetero) is 1. The molecule has 0 spiro atoms. The molecule has 0 amide bonds. The van der Waals surface area contributed by atoms with Crippen LogP contribution in [0.4, 0.5) is 13.2 Å². The molecule has 0 saturated carbocycles. The van der Waals surface area contributed by atoms with Crippen LogP contribution in [0.5, 0.6) is 11.6 Å². The molecule has 3 rings (SSSR count). The Balaban J connectivity index is 1.96. The Kier molecular flexibility index (Phi) is 5.15. The number of pyridine rings is 1. The minimum atomic E-state index is -4.56. The lowest BCUT2D eigenvalue weighted by Crippen LogP contribution is -2.06. The van der Waals surface area contributed by atoms with Crippen molar-refractivity contribution in [3.05, 3.63) is 57.9 Å². The van der Waals surface area contributed by atoms with Gasteiger partial charge in [-0.05, 0) is 35.7 Å². The third-order valence-electron chi connectivity index (χ3n) is 4.24. The lowest BCUT2D eigenvalue weighted by Gasteiger charge is -2.13. The van der Waals surface area contributed by atoms with E-state index in [1.54, 1.807) is 18.2 Å². The standard InChI is InChI=1S/C19H15ClF3NO3/c1-2-10-3-4-12(8-13(10)17-15(25)5-6-16(17)26)27-18-14(20)7-11(9-24-18)19(21,22)23/h3-4,7-9,25H,2,5-6H2,1H3. The van der Waals surface area contributed by atoms with Gasteiger partial charge >= 0.3 is 6.18 Å². The van der Waals surface area contributed by atoms with Crippen LogP contribution in [0.1, 0.15) is 36.5 Å². The summed E-state index contributed by atoms with van der Waals surface area (Å²) in [6.07, 6.45) is -2.77. The van der Waals surface area contributed by atoms with Crippen LogP contribution in [-0.4, -0.2) is 15.9 Å². The van der Waals surface area contributed by atoms with Gasteiger partial charge in [0.15, 0.2) is 5.78 Å². The summed E-state index contributed by atoms with van der Waals surface area (Å²) in [5.41, 5.74) is 0.654. The fraction of sp³-hybridized carbons (Fsp3) is 0.263. The van der Waals surface area contributed by atoms with E-state index in [1.807, 2.05) is 6.92 Å². The normalized spacial score (nSPS) is 14.8. The van der Waals surface area contributed by atoms with E-state index in [0.717, 1.165) is 11.6 Å². The number of hydrogen-bond acceptors (Lipinski definition) is 4. The number of ether oxygens (including phenoxy) is 1. The van der Waals surface area contributed by atoms with Crippen molar-refractivity contribution < 1.29 is 27.8 Å². The van der Waals surface area contributed by atoms with E-state index in [4.69, 9.17) is 16.3 Å². The number of allylic oxidation sites excluding steroid dienone is 2. The van der Waals surface area contributed by atoms with E-state index in [2.05, 4.69) is 4.98 Å². The molecule has 1 aliphatic rings. The number of aromatic nitrogens is 1. The summed E-state index contributed by atoms with van der Waals surface area (Å²) in [4.78, 5) is 15.7. The molecule has 4 nitrogen and oxygen atoms in total. The van der Waals surface area contributed by atoms with Gasteiger partial charge in [-0.1, -0.05) is 24.6 Å². The molecule has 0 saturated heterocycles. The Bertz CT molecular complexity index is 938. The highest BCUT2D eigenvalue weighted by atomic mass is 35.5. The molecule has 0 fully saturated rings. The second-order valence-corrected chi connectivity index (χ2v) is 6.44. The van der Waals surface area contributed by atoms with Crippen LogP contribution >= 0.6 is 11.6 Å². The van der Waals surface area contributed by atoms with Gasteiger partial charge in [-0.2, -0.15) is 13.2 Å². The average molecular weight is 398 g/mol. The van der Waals surface area contributed by atoms with Crippen molar-refractivity contribution in [1.82, 2.24) is 4.98 Å². The van der Waals surface area contributed by atoms with Crippen LogP contribution in [0, 0.1) is 0 Å². The van der Waals surface area contributed by atoms with Crippen LogP contribution in [0.15, 0.2) is 36.2 Å². The van der Waals surface area contributed by atoms with Crippen molar-refractivity contribution >= 4 is 23.0 Å². The minimum absolute atomic E-state index is 0.0255. The predicted molar refractivity (Wildman–Crippen MR) is 93.9 cm³/mol. The fourth-order valence-electron chi connectivity index (χ4n) is 2.88. The van der Waals surface area contributed by atoms with Crippen molar-refractivity contribution in [3.8, 4) is 11.6 Å². The van der Waals surface area contributed by atoms with E-state index in [9.17, 15) is 23.1 Å². The van der Waals surface area contributed by atoms with Crippen molar-refractivity contribution in [2.45, 2.75) is 32.4 Å². The quantitative estimate of drug-likeness (QED) is 0.714. The Morgan fingerprint density at radius 3 is 2.56 bits per heavy atom. The second kappa shape index (κ2) is 7.23. The van der Waals surface area contributed by atoms with Crippen molar-refractivity contribution in [3.63, 3.8) is 0 Å². The van der Waals surface area contributed by atoms with Crippen LogP contribution < -0.4 is 4.74 Å². The zero-order valence-corrected chi connectivity index (χ0v) is 15.0. The van der Waals surface area contributed by atoms with Crippen LogP contribution in [0.2, 0.25) is 5.02 Å². The summed E-state index contributed by atoms with van der Waals surface area (Å²) in [5, 5.41) is 9.76. The molecule has 1 aliphatic carbocycles. The second-order valence-electron chi connectivity index (χ2n) is 6.03. The molecule has 27 heavy (non-hydrogen) atoms. The predicted octanol–water partition coefficient (Wildman–Crippen LogP) is 5.74. The lowest BCUT2D eigenvalue weighted by molar-refractivity contribution is -0.137. The summed E-state index contributed by atoms with van der Waals surface area (Å²) < 4.78 is 43.6. The monoisotopic (exact) mass is 397 g/mol. The summed E-state index contributed by atoms with van der Waals surface area (Å²) >= 11 is 5.87. The van der Waals surface area contributed by atoms with E-state index in [-0.39, 0.29) is 46.6 Å². The number of aliphatic hydroxyl groups excluding tert-OH is 1.